The number of carbonyl (C=O) groups excluding carboxylic acids is 2. The number of fused-ring (bicyclic) bond motifs is 1. The number of methoxy groups -OCH3 is 1. The van der Waals surface area contributed by atoms with Crippen LogP contribution in [0.5, 0.6) is 11.5 Å². The molecule has 148 valence electrons. The molecule has 1 N–H and O–H groups in total. The third kappa shape index (κ3) is 3.93. The van der Waals surface area contributed by atoms with Crippen LogP contribution >= 0.6 is 11.8 Å². The van der Waals surface area contributed by atoms with Crippen LogP contribution in [-0.4, -0.2) is 42.6 Å². The number of amides is 1. The summed E-state index contributed by atoms with van der Waals surface area (Å²) in [5.74, 6) is -2.46. The van der Waals surface area contributed by atoms with Crippen molar-refractivity contribution in [3.63, 3.8) is 0 Å². The van der Waals surface area contributed by atoms with Crippen molar-refractivity contribution in [2.24, 2.45) is 10.2 Å². The van der Waals surface area contributed by atoms with Crippen molar-refractivity contribution in [1.82, 2.24) is 5.32 Å². The van der Waals surface area contributed by atoms with Crippen LogP contribution in [0.15, 0.2) is 39.4 Å². The van der Waals surface area contributed by atoms with E-state index in [4.69, 9.17) is 0 Å². The maximum Gasteiger partial charge on any atom is 0.507 e. The van der Waals surface area contributed by atoms with Gasteiger partial charge in [0.15, 0.2) is 16.7 Å². The number of nitrogens with zero attached hydrogens (tertiary/aromatic N) is 2. The molecule has 1 aromatic carbocycles. The van der Waals surface area contributed by atoms with Gasteiger partial charge in [0.1, 0.15) is 0 Å². The highest BCUT2D eigenvalue weighted by molar-refractivity contribution is 8.18. The first-order valence-corrected chi connectivity index (χ1v) is 8.10. The predicted octanol–water partition coefficient (Wildman–Crippen LogP) is 2.25. The van der Waals surface area contributed by atoms with E-state index in [0.29, 0.717) is 0 Å². The molecular weight excluding hydrogens is 410 g/mol. The molecule has 0 saturated carbocycles. The number of hydrogen-bond acceptors (Lipinski definition) is 8. The predicted molar refractivity (Wildman–Crippen MR) is 88.5 cm³/mol. The Labute approximate surface area is 158 Å². The van der Waals surface area contributed by atoms with E-state index in [9.17, 15) is 27.2 Å². The molecule has 28 heavy (non-hydrogen) atoms. The quantitative estimate of drug-likeness (QED) is 0.265. The zero-order chi connectivity index (χ0) is 20.5. The van der Waals surface area contributed by atoms with Gasteiger partial charge >= 0.3 is 18.2 Å². The Morgan fingerprint density at radius 1 is 1.21 bits per heavy atom. The second kappa shape index (κ2) is 7.14. The van der Waals surface area contributed by atoms with Gasteiger partial charge in [-0.2, -0.15) is 22.7 Å². The van der Waals surface area contributed by atoms with E-state index >= 15 is 0 Å². The summed E-state index contributed by atoms with van der Waals surface area (Å²) < 4.78 is 65.0. The number of rotatable bonds is 3. The largest absolute Gasteiger partial charge is 0.507 e. The lowest BCUT2D eigenvalue weighted by Crippen LogP contribution is -2.52. The van der Waals surface area contributed by atoms with Crippen molar-refractivity contribution in [1.29, 1.82) is 0 Å². The van der Waals surface area contributed by atoms with Crippen molar-refractivity contribution < 1.29 is 41.4 Å². The Balaban J connectivity index is 1.73. The Kier molecular flexibility index (Phi) is 5.02. The highest BCUT2D eigenvalue weighted by Crippen LogP contribution is 2.46. The van der Waals surface area contributed by atoms with E-state index in [1.54, 1.807) is 0 Å². The number of nitrogens with one attached hydrogen (secondary N) is 1. The third-order valence-electron chi connectivity index (χ3n) is 3.24. The lowest BCUT2D eigenvalue weighted by Gasteiger charge is -2.31. The smallest absolute Gasteiger partial charge is 0.466 e. The summed E-state index contributed by atoms with van der Waals surface area (Å²) in [6.45, 7) is 0. The Bertz CT molecular complexity index is 932. The van der Waals surface area contributed by atoms with Crippen LogP contribution in [0.3, 0.4) is 0 Å². The topological polar surface area (TPSA) is 98.6 Å². The summed E-state index contributed by atoms with van der Waals surface area (Å²) in [5.41, 5.74) is 0.187. The molecule has 0 aromatic heterocycles. The average molecular weight is 419 g/mol. The van der Waals surface area contributed by atoms with Gasteiger partial charge in [-0.25, -0.2) is 4.79 Å². The van der Waals surface area contributed by atoms with Crippen LogP contribution in [-0.2, 0) is 14.3 Å². The summed E-state index contributed by atoms with van der Waals surface area (Å²) in [5, 5.41) is 9.76. The van der Waals surface area contributed by atoms with Crippen molar-refractivity contribution in [3.8, 4) is 11.5 Å². The van der Waals surface area contributed by atoms with Gasteiger partial charge in [0.25, 0.3) is 5.91 Å². The van der Waals surface area contributed by atoms with E-state index in [1.165, 1.54) is 6.07 Å². The molecule has 0 spiro atoms. The molecule has 3 rings (SSSR count). The van der Waals surface area contributed by atoms with Gasteiger partial charge in [0.2, 0.25) is 0 Å². The summed E-state index contributed by atoms with van der Waals surface area (Å²) >= 11 is 0.829. The number of ether oxygens (including phenoxy) is 3. The summed E-state index contributed by atoms with van der Waals surface area (Å²) in [6, 6.07) is 3.27. The van der Waals surface area contributed by atoms with Crippen LogP contribution in [0, 0.1) is 0 Å². The zero-order valence-corrected chi connectivity index (χ0v) is 14.6. The molecule has 1 fully saturated rings. The van der Waals surface area contributed by atoms with Crippen LogP contribution in [0.1, 0.15) is 5.56 Å². The fraction of sp³-hybridized carbons (Fsp3) is 0.200. The Morgan fingerprint density at radius 2 is 1.89 bits per heavy atom. The molecule has 0 radical (unpaired) electrons. The fourth-order valence-electron chi connectivity index (χ4n) is 1.95. The molecule has 0 aliphatic carbocycles. The van der Waals surface area contributed by atoms with Crippen LogP contribution in [0.2, 0.25) is 0 Å². The van der Waals surface area contributed by atoms with Gasteiger partial charge in [-0.05, 0) is 35.5 Å². The number of alkyl halides is 4. The molecule has 1 saturated heterocycles. The third-order valence-corrected chi connectivity index (χ3v) is 4.14. The number of benzene rings is 1. The Hall–Kier alpha value is -3.09. The highest BCUT2D eigenvalue weighted by Gasteiger charge is 2.65. The van der Waals surface area contributed by atoms with Gasteiger partial charge in [-0.15, -0.1) is 5.10 Å². The molecule has 2 heterocycles. The Morgan fingerprint density at radius 3 is 2.57 bits per heavy atom. The van der Waals surface area contributed by atoms with Crippen LogP contribution in [0.4, 0.5) is 17.6 Å². The molecule has 13 heteroatoms. The lowest BCUT2D eigenvalue weighted by molar-refractivity contribution is -0.391. The van der Waals surface area contributed by atoms with Crippen molar-refractivity contribution in [3.05, 3.63) is 34.7 Å². The lowest BCUT2D eigenvalue weighted by atomic mass is 10.2. The number of hydrogen-bond donors (Lipinski definition) is 1. The molecule has 1 aromatic rings. The van der Waals surface area contributed by atoms with E-state index in [-0.39, 0.29) is 15.6 Å². The molecule has 0 bridgehead atoms. The molecular formula is C15H9F4N3O5S. The normalized spacial score (nSPS) is 22.5. The van der Waals surface area contributed by atoms with E-state index in [0.717, 1.165) is 43.3 Å². The van der Waals surface area contributed by atoms with Crippen molar-refractivity contribution >= 4 is 35.0 Å². The summed E-state index contributed by atoms with van der Waals surface area (Å²) in [7, 11) is 1.15. The van der Waals surface area contributed by atoms with Crippen molar-refractivity contribution in [2.75, 3.05) is 7.11 Å². The van der Waals surface area contributed by atoms with Gasteiger partial charge in [0.05, 0.1) is 18.2 Å². The first-order chi connectivity index (χ1) is 13.1. The van der Waals surface area contributed by atoms with Gasteiger partial charge < -0.3 is 14.2 Å². The minimum absolute atomic E-state index is 0.0447. The second-order valence-electron chi connectivity index (χ2n) is 5.18. The highest BCUT2D eigenvalue weighted by atomic mass is 32.2. The van der Waals surface area contributed by atoms with Gasteiger partial charge in [-0.1, -0.05) is 0 Å². The molecule has 2 aliphatic heterocycles. The van der Waals surface area contributed by atoms with Gasteiger partial charge in [0, 0.05) is 6.08 Å². The minimum Gasteiger partial charge on any atom is -0.466 e. The fourth-order valence-corrected chi connectivity index (χ4v) is 2.69. The minimum atomic E-state index is -4.83. The summed E-state index contributed by atoms with van der Waals surface area (Å²) in [4.78, 5) is 22.8. The molecule has 8 nitrogen and oxygen atoms in total. The average Bonchev–Trinajstić information content (AvgIpc) is 2.95. The van der Waals surface area contributed by atoms with Crippen LogP contribution < -0.4 is 14.8 Å². The van der Waals surface area contributed by atoms with Crippen LogP contribution in [0.25, 0.3) is 0 Å². The van der Waals surface area contributed by atoms with E-state index in [2.05, 4.69) is 29.7 Å². The maximum absolute atomic E-state index is 13.2. The zero-order valence-electron chi connectivity index (χ0n) is 13.7. The number of amidine groups is 1. The monoisotopic (exact) mass is 419 g/mol. The first-order valence-electron chi connectivity index (χ1n) is 7.29. The second-order valence-corrected chi connectivity index (χ2v) is 6.21. The summed E-state index contributed by atoms with van der Waals surface area (Å²) in [6.07, 6.45) is -7.54. The molecule has 0 unspecified atom stereocenters. The maximum atomic E-state index is 13.2. The number of esters is 1. The standard InChI is InChI=1S/C15H9F4N3O5S/c1-25-11(23)5-10-12(24)21-13(28-10)22-20-6-7-2-3-8-9(4-7)27-15(18,19)14(16,17)26-8/h2-6H,1H3,(H,21,22,24)/b10-5+,20-6?. The van der Waals surface area contributed by atoms with Crippen molar-refractivity contribution in [2.45, 2.75) is 12.2 Å². The van der Waals surface area contributed by atoms with E-state index in [1.807, 2.05) is 0 Å². The molecule has 1 amide bonds. The number of halogens is 4. The SMILES string of the molecule is COC(=O)/C=C1/S/C(=N\N=Cc2ccc3c(c2)OC(F)(F)C(F)(F)O3)NC1=O. The van der Waals surface area contributed by atoms with E-state index < -0.39 is 35.6 Å². The molecule has 0 atom stereocenters. The molecule has 2 aliphatic rings. The number of carbonyl (C=O) groups is 2. The number of thioether (sulfide) groups is 1. The first kappa shape index (κ1) is 19.7. The van der Waals surface area contributed by atoms with Gasteiger partial charge in [-0.3, -0.25) is 10.1 Å².